The second-order valence-electron chi connectivity index (χ2n) is 5.87. The molecule has 6 heteroatoms. The van der Waals surface area contributed by atoms with Gasteiger partial charge in [-0.05, 0) is 35.7 Å². The van der Waals surface area contributed by atoms with E-state index < -0.39 is 0 Å². The van der Waals surface area contributed by atoms with E-state index in [1.54, 1.807) is 7.11 Å². The summed E-state index contributed by atoms with van der Waals surface area (Å²) in [5.41, 5.74) is 7.41. The van der Waals surface area contributed by atoms with Gasteiger partial charge in [0.05, 0.1) is 7.11 Å². The van der Waals surface area contributed by atoms with Crippen molar-refractivity contribution >= 4 is 28.0 Å². The Kier molecular flexibility index (Phi) is 4.45. The molecular weight excluding hydrogens is 340 g/mol. The monoisotopic (exact) mass is 358 g/mol. The van der Waals surface area contributed by atoms with Crippen LogP contribution in [0.25, 0.3) is 10.8 Å². The summed E-state index contributed by atoms with van der Waals surface area (Å²) in [4.78, 5) is 8.41. The largest absolute Gasteiger partial charge is 0.497 e. The quantitative estimate of drug-likeness (QED) is 0.535. The fourth-order valence-corrected chi connectivity index (χ4v) is 2.76. The molecule has 4 rings (SSSR count). The van der Waals surface area contributed by atoms with E-state index >= 15 is 0 Å². The Bertz CT molecular complexity index is 1080. The van der Waals surface area contributed by atoms with Crippen molar-refractivity contribution in [2.24, 2.45) is 0 Å². The average Bonchev–Trinajstić information content (AvgIpc) is 2.72. The molecule has 3 N–H and O–H groups in total. The Morgan fingerprint density at radius 1 is 0.889 bits per heavy atom. The lowest BCUT2D eigenvalue weighted by atomic mass is 10.1. The van der Waals surface area contributed by atoms with Gasteiger partial charge >= 0.3 is 0 Å². The van der Waals surface area contributed by atoms with Crippen LogP contribution >= 0.6 is 0 Å². The van der Waals surface area contributed by atoms with E-state index in [1.807, 2.05) is 66.7 Å². The molecule has 134 valence electrons. The van der Waals surface area contributed by atoms with Crippen LogP contribution in [0.15, 0.2) is 73.1 Å². The smallest absolute Gasteiger partial charge is 0.248 e. The Morgan fingerprint density at radius 3 is 2.48 bits per heavy atom. The Hall–Kier alpha value is -3.80. The molecule has 0 fully saturated rings. The van der Waals surface area contributed by atoms with Gasteiger partial charge in [-0.15, -0.1) is 0 Å². The molecule has 27 heavy (non-hydrogen) atoms. The number of fused-ring (bicyclic) bond motifs is 1. The second-order valence-corrected chi connectivity index (χ2v) is 5.87. The van der Waals surface area contributed by atoms with Crippen LogP contribution in [-0.2, 0) is 0 Å². The zero-order valence-corrected chi connectivity index (χ0v) is 14.7. The van der Waals surface area contributed by atoms with E-state index in [2.05, 4.69) is 15.3 Å². The number of aromatic nitrogens is 2. The highest BCUT2D eigenvalue weighted by Crippen LogP contribution is 2.34. The molecule has 0 saturated heterocycles. The van der Waals surface area contributed by atoms with Crippen LogP contribution in [-0.4, -0.2) is 17.1 Å². The number of nitrogens with zero attached hydrogens (tertiary/aromatic N) is 2. The topological polar surface area (TPSA) is 82.3 Å². The lowest BCUT2D eigenvalue weighted by Gasteiger charge is -2.13. The van der Waals surface area contributed by atoms with Gasteiger partial charge in [-0.25, -0.2) is 4.98 Å². The fourth-order valence-electron chi connectivity index (χ4n) is 2.76. The fraction of sp³-hybridized carbons (Fsp3) is 0.0476. The molecule has 3 aromatic carbocycles. The molecule has 6 nitrogen and oxygen atoms in total. The predicted octanol–water partition coefficient (Wildman–Crippen LogP) is 4.76. The van der Waals surface area contributed by atoms with E-state index in [1.165, 1.54) is 6.33 Å². The van der Waals surface area contributed by atoms with E-state index in [0.717, 1.165) is 22.2 Å². The molecule has 1 heterocycles. The Morgan fingerprint density at radius 2 is 1.67 bits per heavy atom. The summed E-state index contributed by atoms with van der Waals surface area (Å²) in [6.45, 7) is 0. The first-order valence-corrected chi connectivity index (χ1v) is 8.42. The molecule has 0 radical (unpaired) electrons. The van der Waals surface area contributed by atoms with Crippen LogP contribution in [0.5, 0.6) is 17.4 Å². The minimum atomic E-state index is 0.303. The van der Waals surface area contributed by atoms with Crippen molar-refractivity contribution in [3.8, 4) is 17.4 Å². The maximum absolute atomic E-state index is 6.24. The van der Waals surface area contributed by atoms with Gasteiger partial charge in [0.2, 0.25) is 5.88 Å². The van der Waals surface area contributed by atoms with Crippen molar-refractivity contribution in [2.75, 3.05) is 18.2 Å². The van der Waals surface area contributed by atoms with Crippen LogP contribution in [0, 0.1) is 0 Å². The molecule has 0 bridgehead atoms. The second kappa shape index (κ2) is 7.21. The SMILES string of the molecule is COc1ccc(Nc2ncnc(Oc3cccc4ccccc34)c2N)cc1. The van der Waals surface area contributed by atoms with Gasteiger partial charge in [-0.1, -0.05) is 36.4 Å². The number of nitrogens with one attached hydrogen (secondary N) is 1. The van der Waals surface area contributed by atoms with Crippen molar-refractivity contribution in [3.05, 3.63) is 73.1 Å². The molecule has 0 aliphatic heterocycles. The van der Waals surface area contributed by atoms with Gasteiger partial charge in [0.1, 0.15) is 23.5 Å². The maximum Gasteiger partial charge on any atom is 0.248 e. The van der Waals surface area contributed by atoms with Crippen molar-refractivity contribution in [3.63, 3.8) is 0 Å². The van der Waals surface area contributed by atoms with Crippen LogP contribution in [0.2, 0.25) is 0 Å². The standard InChI is InChI=1S/C21H18N4O2/c1-26-16-11-9-15(10-12-16)25-20-19(22)21(24-13-23-20)27-18-8-4-6-14-5-2-3-7-17(14)18/h2-13H,22H2,1H3,(H,23,24,25). The number of rotatable bonds is 5. The molecule has 0 atom stereocenters. The van der Waals surface area contributed by atoms with Gasteiger partial charge in [0.25, 0.3) is 0 Å². The van der Waals surface area contributed by atoms with Crippen molar-refractivity contribution in [2.45, 2.75) is 0 Å². The minimum absolute atomic E-state index is 0.303. The maximum atomic E-state index is 6.24. The highest BCUT2D eigenvalue weighted by atomic mass is 16.5. The van der Waals surface area contributed by atoms with E-state index in [9.17, 15) is 0 Å². The molecule has 0 spiro atoms. The molecular formula is C21H18N4O2. The molecule has 0 amide bonds. The summed E-state index contributed by atoms with van der Waals surface area (Å²) in [7, 11) is 1.63. The lowest BCUT2D eigenvalue weighted by Crippen LogP contribution is -2.03. The number of hydrogen-bond acceptors (Lipinski definition) is 6. The summed E-state index contributed by atoms with van der Waals surface area (Å²) in [5, 5.41) is 5.25. The van der Waals surface area contributed by atoms with Gasteiger partial charge in [0, 0.05) is 11.1 Å². The number of hydrogen-bond donors (Lipinski definition) is 2. The number of nitrogen functional groups attached to an aromatic ring is 1. The number of anilines is 3. The van der Waals surface area contributed by atoms with Crippen LogP contribution in [0.3, 0.4) is 0 Å². The number of methoxy groups -OCH3 is 1. The zero-order chi connectivity index (χ0) is 18.6. The molecule has 0 aliphatic rings. The normalized spacial score (nSPS) is 10.6. The van der Waals surface area contributed by atoms with Crippen LogP contribution in [0.4, 0.5) is 17.2 Å². The van der Waals surface area contributed by atoms with E-state index in [-0.39, 0.29) is 0 Å². The van der Waals surface area contributed by atoms with E-state index in [0.29, 0.717) is 23.1 Å². The van der Waals surface area contributed by atoms with Crippen molar-refractivity contribution < 1.29 is 9.47 Å². The van der Waals surface area contributed by atoms with E-state index in [4.69, 9.17) is 15.2 Å². The molecule has 4 aromatic rings. The van der Waals surface area contributed by atoms with Gasteiger partial charge in [-0.2, -0.15) is 4.98 Å². The Balaban J connectivity index is 1.63. The van der Waals surface area contributed by atoms with Gasteiger partial charge in [0.15, 0.2) is 5.82 Å². The molecule has 0 saturated carbocycles. The van der Waals surface area contributed by atoms with Crippen LogP contribution in [0.1, 0.15) is 0 Å². The third kappa shape index (κ3) is 3.46. The summed E-state index contributed by atoms with van der Waals surface area (Å²) in [5.74, 6) is 2.24. The highest BCUT2D eigenvalue weighted by Gasteiger charge is 2.12. The number of nitrogens with two attached hydrogens (primary N) is 1. The number of ether oxygens (including phenoxy) is 2. The summed E-state index contributed by atoms with van der Waals surface area (Å²) in [6, 6.07) is 21.3. The first-order valence-electron chi connectivity index (χ1n) is 8.42. The minimum Gasteiger partial charge on any atom is -0.497 e. The lowest BCUT2D eigenvalue weighted by molar-refractivity contribution is 0.415. The van der Waals surface area contributed by atoms with Crippen molar-refractivity contribution in [1.29, 1.82) is 0 Å². The van der Waals surface area contributed by atoms with Gasteiger partial charge in [-0.3, -0.25) is 0 Å². The van der Waals surface area contributed by atoms with Gasteiger partial charge < -0.3 is 20.5 Å². The first-order chi connectivity index (χ1) is 13.2. The highest BCUT2D eigenvalue weighted by molar-refractivity contribution is 5.88. The van der Waals surface area contributed by atoms with Crippen LogP contribution < -0.4 is 20.5 Å². The third-order valence-corrected chi connectivity index (χ3v) is 4.16. The average molecular weight is 358 g/mol. The predicted molar refractivity (Wildman–Crippen MR) is 107 cm³/mol. The summed E-state index contributed by atoms with van der Waals surface area (Å²) in [6.07, 6.45) is 1.42. The molecule has 0 unspecified atom stereocenters. The summed E-state index contributed by atoms with van der Waals surface area (Å²) >= 11 is 0. The zero-order valence-electron chi connectivity index (χ0n) is 14.7. The first kappa shape index (κ1) is 16.7. The summed E-state index contributed by atoms with van der Waals surface area (Å²) < 4.78 is 11.2. The molecule has 1 aromatic heterocycles. The third-order valence-electron chi connectivity index (χ3n) is 4.16. The Labute approximate surface area is 156 Å². The number of benzene rings is 3. The van der Waals surface area contributed by atoms with Crippen molar-refractivity contribution in [1.82, 2.24) is 9.97 Å². The molecule has 0 aliphatic carbocycles.